The average Bonchev–Trinajstić information content (AvgIpc) is 2.37. The highest BCUT2D eigenvalue weighted by Gasteiger charge is 2.15. The summed E-state index contributed by atoms with van der Waals surface area (Å²) in [6.07, 6.45) is 1.08. The number of hydrogen-bond donors (Lipinski definition) is 2. The van der Waals surface area contributed by atoms with Gasteiger partial charge in [-0.2, -0.15) is 0 Å². The van der Waals surface area contributed by atoms with E-state index in [-0.39, 0.29) is 5.82 Å². The van der Waals surface area contributed by atoms with Crippen molar-refractivity contribution >= 4 is 0 Å². The molecule has 1 saturated heterocycles. The van der Waals surface area contributed by atoms with Crippen LogP contribution in [0.4, 0.5) is 4.39 Å². The molecule has 0 bridgehead atoms. The minimum atomic E-state index is -0.125. The van der Waals surface area contributed by atoms with Gasteiger partial charge in [-0.15, -0.1) is 0 Å². The summed E-state index contributed by atoms with van der Waals surface area (Å²) in [7, 11) is 2.15. The van der Waals surface area contributed by atoms with Crippen LogP contribution in [0.15, 0.2) is 24.3 Å². The van der Waals surface area contributed by atoms with Crippen molar-refractivity contribution in [2.45, 2.75) is 19.0 Å². The molecule has 0 amide bonds. The molecule has 18 heavy (non-hydrogen) atoms. The van der Waals surface area contributed by atoms with E-state index < -0.39 is 0 Å². The molecule has 4 heteroatoms. The van der Waals surface area contributed by atoms with Gasteiger partial charge in [-0.3, -0.25) is 0 Å². The van der Waals surface area contributed by atoms with Gasteiger partial charge in [-0.05, 0) is 26.1 Å². The van der Waals surface area contributed by atoms with Crippen molar-refractivity contribution < 1.29 is 4.39 Å². The lowest BCUT2D eigenvalue weighted by molar-refractivity contribution is 0.231. The van der Waals surface area contributed by atoms with Gasteiger partial charge in [0.15, 0.2) is 0 Å². The summed E-state index contributed by atoms with van der Waals surface area (Å²) in [5, 5.41) is 6.81. The Hall–Kier alpha value is -0.970. The third-order valence-corrected chi connectivity index (χ3v) is 3.40. The number of hydrogen-bond acceptors (Lipinski definition) is 3. The molecule has 0 aromatic heterocycles. The second kappa shape index (κ2) is 6.83. The van der Waals surface area contributed by atoms with Crippen LogP contribution >= 0.6 is 0 Å². The Morgan fingerprint density at radius 1 is 1.44 bits per heavy atom. The molecule has 1 fully saturated rings. The molecule has 2 N–H and O–H groups in total. The fraction of sp³-hybridized carbons (Fsp3) is 0.571. The molecular formula is C14H22FN3. The smallest absolute Gasteiger partial charge is 0.127 e. The maximum atomic E-state index is 13.4. The Balaban J connectivity index is 1.65. The zero-order valence-corrected chi connectivity index (χ0v) is 11.0. The van der Waals surface area contributed by atoms with Crippen molar-refractivity contribution in [1.82, 2.24) is 15.5 Å². The summed E-state index contributed by atoms with van der Waals surface area (Å²) >= 11 is 0. The van der Waals surface area contributed by atoms with Gasteiger partial charge < -0.3 is 15.5 Å². The van der Waals surface area contributed by atoms with E-state index in [0.717, 1.165) is 38.2 Å². The molecule has 3 nitrogen and oxygen atoms in total. The second-order valence-electron chi connectivity index (χ2n) is 4.97. The van der Waals surface area contributed by atoms with Gasteiger partial charge >= 0.3 is 0 Å². The highest BCUT2D eigenvalue weighted by molar-refractivity contribution is 5.16. The maximum absolute atomic E-state index is 13.4. The number of likely N-dealkylation sites (N-methyl/N-ethyl adjacent to an activating group) is 1. The van der Waals surface area contributed by atoms with Gasteiger partial charge in [0.25, 0.3) is 0 Å². The van der Waals surface area contributed by atoms with Crippen LogP contribution in [0.5, 0.6) is 0 Å². The molecule has 1 heterocycles. The third-order valence-electron chi connectivity index (χ3n) is 3.40. The highest BCUT2D eigenvalue weighted by atomic mass is 19.1. The van der Waals surface area contributed by atoms with Crippen molar-refractivity contribution in [3.8, 4) is 0 Å². The van der Waals surface area contributed by atoms with Crippen LogP contribution in [0.2, 0.25) is 0 Å². The first-order valence-electron chi connectivity index (χ1n) is 6.62. The van der Waals surface area contributed by atoms with Crippen molar-refractivity contribution in [3.05, 3.63) is 35.6 Å². The van der Waals surface area contributed by atoms with E-state index in [4.69, 9.17) is 0 Å². The van der Waals surface area contributed by atoms with Crippen LogP contribution in [-0.4, -0.2) is 44.2 Å². The van der Waals surface area contributed by atoms with Crippen molar-refractivity contribution in [1.29, 1.82) is 0 Å². The van der Waals surface area contributed by atoms with Crippen molar-refractivity contribution in [3.63, 3.8) is 0 Å². The average molecular weight is 251 g/mol. The number of nitrogens with one attached hydrogen (secondary N) is 2. The van der Waals surface area contributed by atoms with E-state index in [9.17, 15) is 4.39 Å². The lowest BCUT2D eigenvalue weighted by Gasteiger charge is -2.30. The topological polar surface area (TPSA) is 27.3 Å². The van der Waals surface area contributed by atoms with E-state index in [1.807, 2.05) is 12.1 Å². The van der Waals surface area contributed by atoms with Crippen molar-refractivity contribution in [2.24, 2.45) is 0 Å². The molecule has 1 aromatic carbocycles. The quantitative estimate of drug-likeness (QED) is 0.770. The monoisotopic (exact) mass is 251 g/mol. The molecule has 2 rings (SSSR count). The van der Waals surface area contributed by atoms with E-state index in [2.05, 4.69) is 22.6 Å². The number of nitrogens with zero attached hydrogens (tertiary/aromatic N) is 1. The SMILES string of the molecule is CN1CCNC(CCNCc2ccccc2F)C1. The summed E-state index contributed by atoms with van der Waals surface area (Å²) in [5.74, 6) is -0.125. The standard InChI is InChI=1S/C14H22FN3/c1-18-9-8-17-13(11-18)6-7-16-10-12-4-2-3-5-14(12)15/h2-5,13,16-17H,6-11H2,1H3. The second-order valence-corrected chi connectivity index (χ2v) is 4.97. The van der Waals surface area contributed by atoms with E-state index in [1.54, 1.807) is 6.07 Å². The summed E-state index contributed by atoms with van der Waals surface area (Å²) in [5.41, 5.74) is 0.742. The van der Waals surface area contributed by atoms with E-state index >= 15 is 0 Å². The molecular weight excluding hydrogens is 229 g/mol. The van der Waals surface area contributed by atoms with Crippen LogP contribution < -0.4 is 10.6 Å². The van der Waals surface area contributed by atoms with Gasteiger partial charge in [0.2, 0.25) is 0 Å². The van der Waals surface area contributed by atoms with Gasteiger partial charge in [0.05, 0.1) is 0 Å². The molecule has 1 aliphatic rings. The van der Waals surface area contributed by atoms with Crippen LogP contribution in [0, 0.1) is 5.82 Å². The molecule has 1 aliphatic heterocycles. The maximum Gasteiger partial charge on any atom is 0.127 e. The minimum absolute atomic E-state index is 0.125. The van der Waals surface area contributed by atoms with Crippen molar-refractivity contribution in [2.75, 3.05) is 33.2 Å². The Bertz CT molecular complexity index is 370. The molecule has 0 aliphatic carbocycles. The molecule has 1 unspecified atom stereocenters. The molecule has 1 aromatic rings. The van der Waals surface area contributed by atoms with Crippen LogP contribution in [-0.2, 0) is 6.54 Å². The van der Waals surface area contributed by atoms with Crippen LogP contribution in [0.25, 0.3) is 0 Å². The molecule has 1 atom stereocenters. The summed E-state index contributed by atoms with van der Waals surface area (Å²) in [6, 6.07) is 7.49. The molecule has 100 valence electrons. The van der Waals surface area contributed by atoms with Crippen LogP contribution in [0.1, 0.15) is 12.0 Å². The van der Waals surface area contributed by atoms with E-state index in [0.29, 0.717) is 12.6 Å². The zero-order valence-electron chi connectivity index (χ0n) is 11.0. The molecule has 0 spiro atoms. The minimum Gasteiger partial charge on any atom is -0.313 e. The number of piperazine rings is 1. The summed E-state index contributed by atoms with van der Waals surface area (Å²) < 4.78 is 13.4. The Labute approximate surface area is 108 Å². The molecule has 0 saturated carbocycles. The van der Waals surface area contributed by atoms with Gasteiger partial charge in [-0.25, -0.2) is 4.39 Å². The zero-order chi connectivity index (χ0) is 12.8. The number of benzene rings is 1. The van der Waals surface area contributed by atoms with Gasteiger partial charge in [-0.1, -0.05) is 18.2 Å². The predicted molar refractivity (Wildman–Crippen MR) is 72.0 cm³/mol. The Morgan fingerprint density at radius 3 is 3.06 bits per heavy atom. The Kier molecular flexibility index (Phi) is 5.11. The highest BCUT2D eigenvalue weighted by Crippen LogP contribution is 2.05. The van der Waals surface area contributed by atoms with Gasteiger partial charge in [0, 0.05) is 37.8 Å². The first-order valence-corrected chi connectivity index (χ1v) is 6.62. The lowest BCUT2D eigenvalue weighted by atomic mass is 10.1. The summed E-state index contributed by atoms with van der Waals surface area (Å²) in [4.78, 5) is 2.35. The van der Waals surface area contributed by atoms with Crippen LogP contribution in [0.3, 0.4) is 0 Å². The third kappa shape index (κ3) is 4.05. The molecule has 0 radical (unpaired) electrons. The first kappa shape index (κ1) is 13.5. The predicted octanol–water partition coefficient (Wildman–Crippen LogP) is 1.21. The lowest BCUT2D eigenvalue weighted by Crippen LogP contribution is -2.49. The fourth-order valence-corrected chi connectivity index (χ4v) is 2.33. The normalized spacial score (nSPS) is 21.1. The number of halogens is 1. The largest absolute Gasteiger partial charge is 0.313 e. The first-order chi connectivity index (χ1) is 8.75. The van der Waals surface area contributed by atoms with Gasteiger partial charge in [0.1, 0.15) is 5.82 Å². The summed E-state index contributed by atoms with van der Waals surface area (Å²) in [6.45, 7) is 4.81. The number of rotatable bonds is 5. The van der Waals surface area contributed by atoms with E-state index in [1.165, 1.54) is 6.07 Å². The fourth-order valence-electron chi connectivity index (χ4n) is 2.33. The Morgan fingerprint density at radius 2 is 2.28 bits per heavy atom.